The molecule has 1 N–H and O–H groups in total. The number of rotatable bonds is 6. The highest BCUT2D eigenvalue weighted by Crippen LogP contribution is 2.61. The van der Waals surface area contributed by atoms with Gasteiger partial charge in [-0.05, 0) is 67.8 Å². The Balaban J connectivity index is 1.38. The van der Waals surface area contributed by atoms with Crippen molar-refractivity contribution in [2.75, 3.05) is 6.54 Å². The van der Waals surface area contributed by atoms with Crippen LogP contribution in [0.4, 0.5) is 0 Å². The predicted molar refractivity (Wildman–Crippen MR) is 75.8 cm³/mol. The van der Waals surface area contributed by atoms with Gasteiger partial charge in [-0.25, -0.2) is 0 Å². The maximum Gasteiger partial charge on any atom is 0.0521 e. The number of aryl methyl sites for hydroxylation is 2. The first-order valence-electron chi connectivity index (χ1n) is 7.93. The van der Waals surface area contributed by atoms with Crippen molar-refractivity contribution in [3.05, 3.63) is 18.0 Å². The van der Waals surface area contributed by atoms with E-state index in [4.69, 9.17) is 0 Å². The quantitative estimate of drug-likeness (QED) is 0.851. The van der Waals surface area contributed by atoms with Gasteiger partial charge < -0.3 is 5.32 Å². The third kappa shape index (κ3) is 2.58. The first-order chi connectivity index (χ1) is 9.22. The standard InChI is InChI=1S/C16H25N3/c1-19-10-12(9-18-19)4-5-16(11-17-15-2-3-15)7-13-6-14(13)8-16/h9-10,13-15,17H,2-8,11H2,1H3. The number of aromatic nitrogens is 2. The van der Waals surface area contributed by atoms with Crippen LogP contribution in [0.25, 0.3) is 0 Å². The van der Waals surface area contributed by atoms with Crippen molar-refractivity contribution in [2.45, 2.75) is 51.0 Å². The number of nitrogens with one attached hydrogen (secondary N) is 1. The van der Waals surface area contributed by atoms with Gasteiger partial charge in [-0.3, -0.25) is 4.68 Å². The zero-order chi connectivity index (χ0) is 12.9. The summed E-state index contributed by atoms with van der Waals surface area (Å²) in [5.41, 5.74) is 2.01. The highest BCUT2D eigenvalue weighted by Gasteiger charge is 2.53. The van der Waals surface area contributed by atoms with Crippen LogP contribution in [-0.4, -0.2) is 22.4 Å². The zero-order valence-electron chi connectivity index (χ0n) is 11.9. The molecule has 3 heteroatoms. The summed E-state index contributed by atoms with van der Waals surface area (Å²) in [6, 6.07) is 0.854. The molecule has 0 aromatic carbocycles. The predicted octanol–water partition coefficient (Wildman–Crippen LogP) is 2.52. The Bertz CT molecular complexity index is 450. The molecule has 1 aromatic heterocycles. The van der Waals surface area contributed by atoms with Crippen molar-refractivity contribution in [3.63, 3.8) is 0 Å². The van der Waals surface area contributed by atoms with Crippen molar-refractivity contribution in [3.8, 4) is 0 Å². The smallest absolute Gasteiger partial charge is 0.0521 e. The van der Waals surface area contributed by atoms with Crippen LogP contribution >= 0.6 is 0 Å². The summed E-state index contributed by atoms with van der Waals surface area (Å²) in [6.07, 6.45) is 14.1. The van der Waals surface area contributed by atoms with E-state index in [-0.39, 0.29) is 0 Å². The summed E-state index contributed by atoms with van der Waals surface area (Å²) >= 11 is 0. The zero-order valence-corrected chi connectivity index (χ0v) is 11.9. The molecule has 4 rings (SSSR count). The second-order valence-electron chi connectivity index (χ2n) is 7.34. The van der Waals surface area contributed by atoms with E-state index in [0.717, 1.165) is 17.9 Å². The van der Waals surface area contributed by atoms with Crippen LogP contribution < -0.4 is 5.32 Å². The van der Waals surface area contributed by atoms with Gasteiger partial charge in [-0.1, -0.05) is 0 Å². The molecule has 3 saturated carbocycles. The van der Waals surface area contributed by atoms with Gasteiger partial charge >= 0.3 is 0 Å². The van der Waals surface area contributed by atoms with Crippen molar-refractivity contribution in [2.24, 2.45) is 24.3 Å². The summed E-state index contributed by atoms with van der Waals surface area (Å²) in [5.74, 6) is 2.16. The lowest BCUT2D eigenvalue weighted by Gasteiger charge is -2.31. The third-order valence-electron chi connectivity index (χ3n) is 5.50. The summed E-state index contributed by atoms with van der Waals surface area (Å²) in [4.78, 5) is 0. The van der Waals surface area contributed by atoms with Gasteiger partial charge in [0.2, 0.25) is 0 Å². The Kier molecular flexibility index (Phi) is 2.73. The fourth-order valence-electron chi connectivity index (χ4n) is 4.10. The fourth-order valence-corrected chi connectivity index (χ4v) is 4.10. The molecule has 104 valence electrons. The molecular formula is C16H25N3. The molecule has 19 heavy (non-hydrogen) atoms. The SMILES string of the molecule is Cn1cc(CCC2(CNC3CC3)CC3CC3C2)cn1. The van der Waals surface area contributed by atoms with Crippen LogP contribution in [0.3, 0.4) is 0 Å². The Morgan fingerprint density at radius 3 is 2.79 bits per heavy atom. The molecule has 0 bridgehead atoms. The molecule has 0 radical (unpaired) electrons. The average Bonchev–Trinajstić information content (AvgIpc) is 3.29. The van der Waals surface area contributed by atoms with Crippen LogP contribution in [0.15, 0.2) is 12.4 Å². The van der Waals surface area contributed by atoms with E-state index in [1.807, 2.05) is 17.9 Å². The number of nitrogens with zero attached hydrogens (tertiary/aromatic N) is 2. The summed E-state index contributed by atoms with van der Waals surface area (Å²) in [7, 11) is 2.01. The van der Waals surface area contributed by atoms with Gasteiger partial charge in [-0.2, -0.15) is 5.10 Å². The summed E-state index contributed by atoms with van der Waals surface area (Å²) in [6.45, 7) is 1.27. The molecule has 3 fully saturated rings. The van der Waals surface area contributed by atoms with E-state index < -0.39 is 0 Å². The van der Waals surface area contributed by atoms with E-state index in [2.05, 4.69) is 16.6 Å². The van der Waals surface area contributed by atoms with Crippen molar-refractivity contribution >= 4 is 0 Å². The van der Waals surface area contributed by atoms with Gasteiger partial charge in [0.05, 0.1) is 6.20 Å². The van der Waals surface area contributed by atoms with Crippen molar-refractivity contribution in [1.82, 2.24) is 15.1 Å². The molecule has 3 aliphatic carbocycles. The molecule has 1 aromatic rings. The Hall–Kier alpha value is -0.830. The van der Waals surface area contributed by atoms with Gasteiger partial charge in [0.1, 0.15) is 0 Å². The monoisotopic (exact) mass is 259 g/mol. The minimum absolute atomic E-state index is 0.603. The molecular weight excluding hydrogens is 234 g/mol. The highest BCUT2D eigenvalue weighted by atomic mass is 15.2. The average molecular weight is 259 g/mol. The molecule has 2 unspecified atom stereocenters. The Morgan fingerprint density at radius 1 is 1.37 bits per heavy atom. The fraction of sp³-hybridized carbons (Fsp3) is 0.812. The van der Waals surface area contributed by atoms with Crippen LogP contribution in [0, 0.1) is 17.3 Å². The first-order valence-corrected chi connectivity index (χ1v) is 7.93. The van der Waals surface area contributed by atoms with Crippen molar-refractivity contribution < 1.29 is 0 Å². The molecule has 0 spiro atoms. The van der Waals surface area contributed by atoms with Crippen molar-refractivity contribution in [1.29, 1.82) is 0 Å². The minimum Gasteiger partial charge on any atom is -0.313 e. The third-order valence-corrected chi connectivity index (χ3v) is 5.50. The maximum atomic E-state index is 4.29. The van der Waals surface area contributed by atoms with E-state index >= 15 is 0 Å². The van der Waals surface area contributed by atoms with E-state index in [0.29, 0.717) is 5.41 Å². The molecule has 1 heterocycles. The van der Waals surface area contributed by atoms with Crippen LogP contribution in [0.2, 0.25) is 0 Å². The molecule has 2 atom stereocenters. The first kappa shape index (κ1) is 12.0. The minimum atomic E-state index is 0.603. The van der Waals surface area contributed by atoms with Crippen LogP contribution in [0.1, 0.15) is 44.1 Å². The molecule has 0 saturated heterocycles. The number of fused-ring (bicyclic) bond motifs is 1. The lowest BCUT2D eigenvalue weighted by Crippen LogP contribution is -2.35. The van der Waals surface area contributed by atoms with Gasteiger partial charge in [0.25, 0.3) is 0 Å². The second kappa shape index (κ2) is 4.34. The Labute approximate surface area is 115 Å². The van der Waals surface area contributed by atoms with Gasteiger partial charge in [-0.15, -0.1) is 0 Å². The van der Waals surface area contributed by atoms with E-state index in [9.17, 15) is 0 Å². The topological polar surface area (TPSA) is 29.9 Å². The second-order valence-corrected chi connectivity index (χ2v) is 7.34. The largest absolute Gasteiger partial charge is 0.313 e. The van der Waals surface area contributed by atoms with Gasteiger partial charge in [0, 0.05) is 25.8 Å². The van der Waals surface area contributed by atoms with Crippen LogP contribution in [0.5, 0.6) is 0 Å². The maximum absolute atomic E-state index is 4.29. The normalized spacial score (nSPS) is 36.5. The molecule has 0 aliphatic heterocycles. The van der Waals surface area contributed by atoms with E-state index in [1.54, 1.807) is 0 Å². The molecule has 0 amide bonds. The Morgan fingerprint density at radius 2 is 2.16 bits per heavy atom. The van der Waals surface area contributed by atoms with Crippen LogP contribution in [-0.2, 0) is 13.5 Å². The van der Waals surface area contributed by atoms with Gasteiger partial charge in [0.15, 0.2) is 0 Å². The summed E-state index contributed by atoms with van der Waals surface area (Å²) < 4.78 is 1.93. The number of hydrogen-bond donors (Lipinski definition) is 1. The lowest BCUT2D eigenvalue weighted by atomic mass is 9.78. The number of hydrogen-bond acceptors (Lipinski definition) is 2. The molecule has 3 aliphatic rings. The van der Waals surface area contributed by atoms with E-state index in [1.165, 1.54) is 57.1 Å². The molecule has 3 nitrogen and oxygen atoms in total. The highest BCUT2D eigenvalue weighted by molar-refractivity contribution is 5.09. The summed E-state index contributed by atoms with van der Waals surface area (Å²) in [5, 5.41) is 8.09. The lowest BCUT2D eigenvalue weighted by molar-refractivity contribution is 0.229.